The Kier molecular flexibility index (Phi) is 7.10. The summed E-state index contributed by atoms with van der Waals surface area (Å²) in [4.78, 5) is 35.9. The van der Waals surface area contributed by atoms with Gasteiger partial charge in [0.25, 0.3) is 11.5 Å². The van der Waals surface area contributed by atoms with Crippen molar-refractivity contribution in [2.75, 3.05) is 18.5 Å². The number of aromatic nitrogens is 3. The third kappa shape index (κ3) is 6.23. The van der Waals surface area contributed by atoms with Crippen LogP contribution >= 0.6 is 0 Å². The number of hydrogen-bond acceptors (Lipinski definition) is 7. The molecule has 26 heavy (non-hydrogen) atoms. The summed E-state index contributed by atoms with van der Waals surface area (Å²) in [6.07, 6.45) is 3.52. The molecule has 10 nitrogen and oxygen atoms in total. The number of carbonyl (C=O) groups is 1. The molecule has 1 amide bonds. The van der Waals surface area contributed by atoms with Gasteiger partial charge in [-0.15, -0.1) is 5.10 Å². The SMILES string of the molecule is CCCCOc1cccc(/C=N/NC(=O)CNc2n[nH]c(=O)[nH]c2=O)c1. The average Bonchev–Trinajstić information content (AvgIpc) is 2.62. The van der Waals surface area contributed by atoms with E-state index in [4.69, 9.17) is 4.74 Å². The normalized spacial score (nSPS) is 10.7. The summed E-state index contributed by atoms with van der Waals surface area (Å²) < 4.78 is 5.60. The number of benzene rings is 1. The van der Waals surface area contributed by atoms with Crippen LogP contribution in [0, 0.1) is 0 Å². The van der Waals surface area contributed by atoms with E-state index in [-0.39, 0.29) is 12.4 Å². The van der Waals surface area contributed by atoms with E-state index in [0.717, 1.165) is 24.2 Å². The average molecular weight is 360 g/mol. The van der Waals surface area contributed by atoms with Crippen molar-refractivity contribution in [2.24, 2.45) is 5.10 Å². The van der Waals surface area contributed by atoms with Gasteiger partial charge in [0, 0.05) is 0 Å². The van der Waals surface area contributed by atoms with Crippen LogP contribution in [0.4, 0.5) is 5.82 Å². The van der Waals surface area contributed by atoms with Crippen LogP contribution in [0.5, 0.6) is 5.75 Å². The second-order valence-corrected chi connectivity index (χ2v) is 5.28. The van der Waals surface area contributed by atoms with E-state index >= 15 is 0 Å². The molecule has 2 rings (SSSR count). The standard InChI is InChI=1S/C16H20N6O4/c1-2-3-7-26-12-6-4-5-11(8-12)9-18-20-13(23)10-17-14-15(24)19-16(25)22-21-14/h4-6,8-9H,2-3,7,10H2,1H3,(H,17,21)(H,20,23)(H2,19,22,24,25)/b18-9+. The molecule has 1 aromatic heterocycles. The summed E-state index contributed by atoms with van der Waals surface area (Å²) in [5, 5.41) is 11.9. The molecular formula is C16H20N6O4. The first-order chi connectivity index (χ1) is 12.6. The maximum atomic E-state index is 11.7. The van der Waals surface area contributed by atoms with Gasteiger partial charge in [0.15, 0.2) is 0 Å². The Morgan fingerprint density at radius 3 is 3.00 bits per heavy atom. The summed E-state index contributed by atoms with van der Waals surface area (Å²) in [7, 11) is 0. The van der Waals surface area contributed by atoms with Gasteiger partial charge in [0.05, 0.1) is 19.4 Å². The van der Waals surface area contributed by atoms with Gasteiger partial charge in [0.2, 0.25) is 5.82 Å². The summed E-state index contributed by atoms with van der Waals surface area (Å²) in [5.74, 6) is 0.0865. The van der Waals surface area contributed by atoms with Gasteiger partial charge in [-0.25, -0.2) is 15.3 Å². The van der Waals surface area contributed by atoms with Crippen molar-refractivity contribution in [3.8, 4) is 5.75 Å². The molecule has 0 aliphatic rings. The molecule has 138 valence electrons. The molecule has 0 bridgehead atoms. The second kappa shape index (κ2) is 9.77. The lowest BCUT2D eigenvalue weighted by molar-refractivity contribution is -0.119. The Labute approximate surface area is 148 Å². The zero-order valence-electron chi connectivity index (χ0n) is 14.2. The maximum Gasteiger partial charge on any atom is 0.342 e. The summed E-state index contributed by atoms with van der Waals surface area (Å²) in [6, 6.07) is 7.32. The van der Waals surface area contributed by atoms with Gasteiger partial charge in [-0.05, 0) is 24.1 Å². The van der Waals surface area contributed by atoms with Crippen molar-refractivity contribution in [1.82, 2.24) is 20.6 Å². The zero-order valence-corrected chi connectivity index (χ0v) is 14.2. The number of nitrogens with zero attached hydrogens (tertiary/aromatic N) is 2. The number of carbonyl (C=O) groups excluding carboxylic acids is 1. The molecule has 0 saturated carbocycles. The molecule has 0 atom stereocenters. The number of rotatable bonds is 9. The van der Waals surface area contributed by atoms with Crippen LogP contribution in [0.25, 0.3) is 0 Å². The first-order valence-corrected chi connectivity index (χ1v) is 8.06. The molecule has 0 spiro atoms. The fraction of sp³-hybridized carbons (Fsp3) is 0.312. The van der Waals surface area contributed by atoms with Crippen LogP contribution in [-0.2, 0) is 4.79 Å². The predicted octanol–water partition coefficient (Wildman–Crippen LogP) is 0.199. The Bertz CT molecular complexity index is 873. The molecule has 0 saturated heterocycles. The lowest BCUT2D eigenvalue weighted by Crippen LogP contribution is -2.31. The smallest absolute Gasteiger partial charge is 0.342 e. The molecule has 1 aromatic carbocycles. The van der Waals surface area contributed by atoms with E-state index in [1.165, 1.54) is 6.21 Å². The molecule has 0 fully saturated rings. The van der Waals surface area contributed by atoms with Crippen molar-refractivity contribution in [1.29, 1.82) is 0 Å². The maximum absolute atomic E-state index is 11.7. The fourth-order valence-corrected chi connectivity index (χ4v) is 1.87. The number of amides is 1. The van der Waals surface area contributed by atoms with Crippen LogP contribution in [0.1, 0.15) is 25.3 Å². The Morgan fingerprint density at radius 2 is 2.23 bits per heavy atom. The lowest BCUT2D eigenvalue weighted by Gasteiger charge is -2.05. The van der Waals surface area contributed by atoms with Crippen LogP contribution in [0.2, 0.25) is 0 Å². The Morgan fingerprint density at radius 1 is 1.38 bits per heavy atom. The lowest BCUT2D eigenvalue weighted by atomic mass is 10.2. The van der Waals surface area contributed by atoms with E-state index in [1.54, 1.807) is 0 Å². The van der Waals surface area contributed by atoms with Gasteiger partial charge < -0.3 is 10.1 Å². The fourth-order valence-electron chi connectivity index (χ4n) is 1.87. The molecule has 0 aliphatic heterocycles. The minimum Gasteiger partial charge on any atom is -0.494 e. The van der Waals surface area contributed by atoms with Gasteiger partial charge in [0.1, 0.15) is 5.75 Å². The molecule has 2 aromatic rings. The first-order valence-electron chi connectivity index (χ1n) is 8.06. The monoisotopic (exact) mass is 360 g/mol. The van der Waals surface area contributed by atoms with Crippen molar-refractivity contribution >= 4 is 17.9 Å². The van der Waals surface area contributed by atoms with Gasteiger partial charge in [-0.1, -0.05) is 25.5 Å². The van der Waals surface area contributed by atoms with Crippen LogP contribution in [-0.4, -0.2) is 40.5 Å². The highest BCUT2D eigenvalue weighted by molar-refractivity contribution is 5.84. The van der Waals surface area contributed by atoms with E-state index in [1.807, 2.05) is 29.2 Å². The molecule has 0 aliphatic carbocycles. The molecule has 1 heterocycles. The Hall–Kier alpha value is -3.43. The third-order valence-corrected chi connectivity index (χ3v) is 3.16. The van der Waals surface area contributed by atoms with Gasteiger partial charge >= 0.3 is 5.69 Å². The molecule has 0 unspecified atom stereocenters. The van der Waals surface area contributed by atoms with Gasteiger partial charge in [-0.3, -0.25) is 14.6 Å². The van der Waals surface area contributed by atoms with Crippen LogP contribution < -0.4 is 26.7 Å². The highest BCUT2D eigenvalue weighted by atomic mass is 16.5. The van der Waals surface area contributed by atoms with E-state index < -0.39 is 17.2 Å². The number of anilines is 1. The number of aromatic amines is 2. The zero-order chi connectivity index (χ0) is 18.8. The summed E-state index contributed by atoms with van der Waals surface area (Å²) >= 11 is 0. The summed E-state index contributed by atoms with van der Waals surface area (Å²) in [6.45, 7) is 2.50. The van der Waals surface area contributed by atoms with Crippen molar-refractivity contribution in [3.63, 3.8) is 0 Å². The predicted molar refractivity (Wildman–Crippen MR) is 96.5 cm³/mol. The molecule has 10 heteroatoms. The van der Waals surface area contributed by atoms with E-state index in [9.17, 15) is 14.4 Å². The summed E-state index contributed by atoms with van der Waals surface area (Å²) in [5.41, 5.74) is 1.64. The Balaban J connectivity index is 1.82. The number of hydrogen-bond donors (Lipinski definition) is 4. The number of ether oxygens (including phenoxy) is 1. The third-order valence-electron chi connectivity index (χ3n) is 3.16. The number of nitrogens with one attached hydrogen (secondary N) is 4. The highest BCUT2D eigenvalue weighted by Crippen LogP contribution is 2.12. The van der Waals surface area contributed by atoms with Crippen LogP contribution in [0.3, 0.4) is 0 Å². The van der Waals surface area contributed by atoms with Crippen molar-refractivity contribution in [3.05, 3.63) is 50.7 Å². The minimum atomic E-state index is -0.726. The van der Waals surface area contributed by atoms with Crippen molar-refractivity contribution < 1.29 is 9.53 Å². The quantitative estimate of drug-likeness (QED) is 0.286. The number of hydrazone groups is 1. The van der Waals surface area contributed by atoms with Crippen LogP contribution in [0.15, 0.2) is 39.0 Å². The van der Waals surface area contributed by atoms with Gasteiger partial charge in [-0.2, -0.15) is 5.10 Å². The second-order valence-electron chi connectivity index (χ2n) is 5.28. The van der Waals surface area contributed by atoms with Crippen molar-refractivity contribution in [2.45, 2.75) is 19.8 Å². The largest absolute Gasteiger partial charge is 0.494 e. The molecule has 0 radical (unpaired) electrons. The highest BCUT2D eigenvalue weighted by Gasteiger charge is 2.04. The first kappa shape index (κ1) is 18.9. The molecular weight excluding hydrogens is 340 g/mol. The number of H-pyrrole nitrogens is 2. The molecule has 4 N–H and O–H groups in total. The van der Waals surface area contributed by atoms with E-state index in [0.29, 0.717) is 6.61 Å². The number of unbranched alkanes of at least 4 members (excludes halogenated alkanes) is 1. The topological polar surface area (TPSA) is 141 Å². The van der Waals surface area contributed by atoms with E-state index in [2.05, 4.69) is 33.0 Å². The minimum absolute atomic E-state index is 0.166.